The van der Waals surface area contributed by atoms with Gasteiger partial charge in [0.2, 0.25) is 0 Å². The fourth-order valence-electron chi connectivity index (χ4n) is 2.44. The minimum Gasteiger partial charge on any atom is -0.478 e. The van der Waals surface area contributed by atoms with E-state index in [-0.39, 0.29) is 17.2 Å². The molecule has 1 saturated heterocycles. The van der Waals surface area contributed by atoms with Gasteiger partial charge in [0.1, 0.15) is 0 Å². The van der Waals surface area contributed by atoms with Gasteiger partial charge < -0.3 is 20.1 Å². The molecule has 0 spiro atoms. The number of carboxylic acids is 1. The van der Waals surface area contributed by atoms with Crippen molar-refractivity contribution in [3.05, 3.63) is 29.8 Å². The van der Waals surface area contributed by atoms with E-state index in [1.807, 2.05) is 6.92 Å². The van der Waals surface area contributed by atoms with Gasteiger partial charge in [0.25, 0.3) is 0 Å². The molecule has 6 heteroatoms. The molecular weight excluding hydrogens is 272 g/mol. The number of ether oxygens (including phenoxy) is 1. The van der Waals surface area contributed by atoms with E-state index in [9.17, 15) is 9.59 Å². The summed E-state index contributed by atoms with van der Waals surface area (Å²) in [7, 11) is 1.66. The largest absolute Gasteiger partial charge is 0.478 e. The lowest BCUT2D eigenvalue weighted by molar-refractivity contribution is -0.0389. The minimum atomic E-state index is -0.986. The van der Waals surface area contributed by atoms with Crippen LogP contribution in [-0.4, -0.2) is 47.8 Å². The summed E-state index contributed by atoms with van der Waals surface area (Å²) in [4.78, 5) is 24.7. The second-order valence-electron chi connectivity index (χ2n) is 5.49. The molecule has 0 aromatic heterocycles. The zero-order valence-electron chi connectivity index (χ0n) is 12.3. The van der Waals surface area contributed by atoms with Crippen molar-refractivity contribution >= 4 is 17.7 Å². The predicted octanol–water partition coefficient (Wildman–Crippen LogP) is 2.42. The number of carboxylic acid groups (broad SMARTS) is 1. The van der Waals surface area contributed by atoms with Gasteiger partial charge in [0.05, 0.1) is 17.7 Å². The van der Waals surface area contributed by atoms with Crippen LogP contribution >= 0.6 is 0 Å². The van der Waals surface area contributed by atoms with Crippen LogP contribution in [0.1, 0.15) is 30.1 Å². The first-order valence-electron chi connectivity index (χ1n) is 6.88. The van der Waals surface area contributed by atoms with E-state index in [1.165, 1.54) is 12.1 Å². The number of aromatic carboxylic acids is 1. The Balaban J connectivity index is 1.99. The number of urea groups is 1. The number of nitrogens with one attached hydrogen (secondary N) is 1. The second kappa shape index (κ2) is 6.13. The molecule has 1 aromatic carbocycles. The summed E-state index contributed by atoms with van der Waals surface area (Å²) in [5.74, 6) is -0.986. The highest BCUT2D eigenvalue weighted by Gasteiger charge is 2.32. The van der Waals surface area contributed by atoms with Crippen molar-refractivity contribution in [2.75, 3.05) is 25.5 Å². The fourth-order valence-corrected chi connectivity index (χ4v) is 2.44. The van der Waals surface area contributed by atoms with E-state index in [0.717, 1.165) is 12.8 Å². The van der Waals surface area contributed by atoms with Crippen LogP contribution in [-0.2, 0) is 4.74 Å². The number of nitrogens with zero attached hydrogens (tertiary/aromatic N) is 1. The molecule has 0 radical (unpaired) electrons. The molecule has 1 unspecified atom stereocenters. The van der Waals surface area contributed by atoms with Crippen molar-refractivity contribution in [2.45, 2.75) is 25.4 Å². The molecule has 1 atom stereocenters. The van der Waals surface area contributed by atoms with Crippen molar-refractivity contribution in [2.24, 2.45) is 0 Å². The summed E-state index contributed by atoms with van der Waals surface area (Å²) in [6, 6.07) is 5.91. The molecule has 1 aromatic rings. The minimum absolute atomic E-state index is 0.193. The summed E-state index contributed by atoms with van der Waals surface area (Å²) in [6.07, 6.45) is 1.83. The number of carbonyl (C=O) groups is 2. The second-order valence-corrected chi connectivity index (χ2v) is 5.49. The molecule has 114 valence electrons. The van der Waals surface area contributed by atoms with Crippen LogP contribution in [0.3, 0.4) is 0 Å². The first-order valence-corrected chi connectivity index (χ1v) is 6.88. The summed E-state index contributed by atoms with van der Waals surface area (Å²) < 4.78 is 5.46. The maximum absolute atomic E-state index is 12.2. The number of methoxy groups -OCH3 is 1. The van der Waals surface area contributed by atoms with Gasteiger partial charge in [0, 0.05) is 19.3 Å². The molecule has 2 N–H and O–H groups in total. The van der Waals surface area contributed by atoms with Gasteiger partial charge in [-0.1, -0.05) is 0 Å². The smallest absolute Gasteiger partial charge is 0.335 e. The van der Waals surface area contributed by atoms with Crippen molar-refractivity contribution < 1.29 is 19.4 Å². The van der Waals surface area contributed by atoms with Crippen LogP contribution in [0.15, 0.2) is 24.3 Å². The number of rotatable bonds is 3. The number of hydrogen-bond donors (Lipinski definition) is 2. The van der Waals surface area contributed by atoms with E-state index in [1.54, 1.807) is 24.1 Å². The Morgan fingerprint density at radius 1 is 1.33 bits per heavy atom. The Bertz CT molecular complexity index is 529. The maximum atomic E-state index is 12.2. The van der Waals surface area contributed by atoms with E-state index >= 15 is 0 Å². The van der Waals surface area contributed by atoms with Crippen molar-refractivity contribution in [3.63, 3.8) is 0 Å². The summed E-state index contributed by atoms with van der Waals surface area (Å²) in [5.41, 5.74) is 0.468. The van der Waals surface area contributed by atoms with Gasteiger partial charge >= 0.3 is 12.0 Å². The molecule has 0 aliphatic carbocycles. The number of piperidine rings is 1. The quantitative estimate of drug-likeness (QED) is 0.896. The third-order valence-corrected chi connectivity index (χ3v) is 3.82. The molecule has 0 bridgehead atoms. The van der Waals surface area contributed by atoms with Crippen LogP contribution in [0.2, 0.25) is 0 Å². The summed E-state index contributed by atoms with van der Waals surface area (Å²) >= 11 is 0. The normalized spacial score (nSPS) is 21.9. The monoisotopic (exact) mass is 292 g/mol. The predicted molar refractivity (Wildman–Crippen MR) is 78.6 cm³/mol. The Kier molecular flexibility index (Phi) is 4.47. The third-order valence-electron chi connectivity index (χ3n) is 3.82. The topological polar surface area (TPSA) is 78.9 Å². The standard InChI is InChI=1S/C15H20N2O4/c1-15(21-2)8-3-9-17(10-15)14(20)16-12-6-4-11(5-7-12)13(18)19/h4-7H,3,8-10H2,1-2H3,(H,16,20)(H,18,19). The van der Waals surface area contributed by atoms with Crippen LogP contribution in [0.25, 0.3) is 0 Å². The lowest BCUT2D eigenvalue weighted by Crippen LogP contribution is -2.50. The van der Waals surface area contributed by atoms with Gasteiger partial charge in [-0.05, 0) is 44.0 Å². The van der Waals surface area contributed by atoms with E-state index in [4.69, 9.17) is 9.84 Å². The Morgan fingerprint density at radius 3 is 2.57 bits per heavy atom. The number of benzene rings is 1. The van der Waals surface area contributed by atoms with E-state index in [0.29, 0.717) is 18.8 Å². The lowest BCUT2D eigenvalue weighted by atomic mass is 9.95. The molecule has 1 aliphatic rings. The van der Waals surface area contributed by atoms with Crippen molar-refractivity contribution in [1.82, 2.24) is 4.90 Å². The zero-order valence-corrected chi connectivity index (χ0v) is 12.3. The molecule has 1 heterocycles. The van der Waals surface area contributed by atoms with Gasteiger partial charge in [-0.25, -0.2) is 9.59 Å². The zero-order chi connectivity index (χ0) is 15.5. The average Bonchev–Trinajstić information content (AvgIpc) is 2.48. The number of anilines is 1. The van der Waals surface area contributed by atoms with Gasteiger partial charge in [-0.15, -0.1) is 0 Å². The van der Waals surface area contributed by atoms with Gasteiger partial charge in [-0.2, -0.15) is 0 Å². The molecule has 6 nitrogen and oxygen atoms in total. The first-order chi connectivity index (χ1) is 9.93. The lowest BCUT2D eigenvalue weighted by Gasteiger charge is -2.39. The Labute approximate surface area is 123 Å². The molecule has 2 amide bonds. The molecule has 1 fully saturated rings. The molecule has 21 heavy (non-hydrogen) atoms. The van der Waals surface area contributed by atoms with Gasteiger partial charge in [-0.3, -0.25) is 0 Å². The van der Waals surface area contributed by atoms with E-state index in [2.05, 4.69) is 5.32 Å². The van der Waals surface area contributed by atoms with E-state index < -0.39 is 5.97 Å². The maximum Gasteiger partial charge on any atom is 0.335 e. The molecular formula is C15H20N2O4. The van der Waals surface area contributed by atoms with Crippen molar-refractivity contribution in [3.8, 4) is 0 Å². The Morgan fingerprint density at radius 2 is 2.00 bits per heavy atom. The third kappa shape index (κ3) is 3.72. The summed E-state index contributed by atoms with van der Waals surface area (Å²) in [5, 5.41) is 11.6. The van der Waals surface area contributed by atoms with Crippen LogP contribution < -0.4 is 5.32 Å². The molecule has 2 rings (SSSR count). The van der Waals surface area contributed by atoms with Crippen LogP contribution in [0.4, 0.5) is 10.5 Å². The highest BCUT2D eigenvalue weighted by molar-refractivity contribution is 5.91. The highest BCUT2D eigenvalue weighted by atomic mass is 16.5. The number of carbonyl (C=O) groups excluding carboxylic acids is 1. The average molecular weight is 292 g/mol. The summed E-state index contributed by atoms with van der Waals surface area (Å²) in [6.45, 7) is 3.23. The SMILES string of the molecule is COC1(C)CCCN(C(=O)Nc2ccc(C(=O)O)cc2)C1. The fraction of sp³-hybridized carbons (Fsp3) is 0.467. The van der Waals surface area contributed by atoms with Gasteiger partial charge in [0.15, 0.2) is 0 Å². The molecule has 0 saturated carbocycles. The number of likely N-dealkylation sites (tertiary alicyclic amines) is 1. The molecule has 1 aliphatic heterocycles. The van der Waals surface area contributed by atoms with Crippen LogP contribution in [0, 0.1) is 0 Å². The van der Waals surface area contributed by atoms with Crippen molar-refractivity contribution in [1.29, 1.82) is 0 Å². The number of amides is 2. The first kappa shape index (κ1) is 15.3. The Hall–Kier alpha value is -2.08. The number of hydrogen-bond acceptors (Lipinski definition) is 3. The highest BCUT2D eigenvalue weighted by Crippen LogP contribution is 2.24. The van der Waals surface area contributed by atoms with Crippen LogP contribution in [0.5, 0.6) is 0 Å².